The molecule has 2 unspecified atom stereocenters. The van der Waals surface area contributed by atoms with E-state index in [4.69, 9.17) is 0 Å². The summed E-state index contributed by atoms with van der Waals surface area (Å²) in [5.41, 5.74) is 9.20. The van der Waals surface area contributed by atoms with Gasteiger partial charge in [-0.25, -0.2) is 0 Å². The molecule has 2 atom stereocenters. The molecule has 0 saturated carbocycles. The van der Waals surface area contributed by atoms with Crippen LogP contribution in [0.4, 0.5) is 0 Å². The molecule has 3 rings (SSSR count). The number of aryl methyl sites for hydroxylation is 1. The van der Waals surface area contributed by atoms with Gasteiger partial charge in [-0.3, -0.25) is 0 Å². The maximum absolute atomic E-state index is 2.93. The molecule has 0 aromatic heterocycles. The monoisotopic (exact) mass is 348 g/mol. The summed E-state index contributed by atoms with van der Waals surface area (Å²) in [4.78, 5) is 0. The van der Waals surface area contributed by atoms with Gasteiger partial charge in [0.1, 0.15) is 7.85 Å². The van der Waals surface area contributed by atoms with Crippen LogP contribution in [-0.4, -0.2) is 7.85 Å². The van der Waals surface area contributed by atoms with Crippen LogP contribution in [0.1, 0.15) is 18.1 Å². The van der Waals surface area contributed by atoms with Gasteiger partial charge < -0.3 is 0 Å². The van der Waals surface area contributed by atoms with E-state index in [0.29, 0.717) is 0 Å². The summed E-state index contributed by atoms with van der Waals surface area (Å²) in [6.07, 6.45) is 1.08. The van der Waals surface area contributed by atoms with E-state index < -0.39 is 0 Å². The van der Waals surface area contributed by atoms with Crippen molar-refractivity contribution in [3.8, 4) is 22.3 Å². The lowest BCUT2D eigenvalue weighted by atomic mass is 9.93. The van der Waals surface area contributed by atoms with Crippen molar-refractivity contribution < 1.29 is 0 Å². The highest BCUT2D eigenvalue weighted by atomic mass is 31.0. The quantitative estimate of drug-likeness (QED) is 0.504. The van der Waals surface area contributed by atoms with Gasteiger partial charge in [0.2, 0.25) is 0 Å². The molecule has 0 heterocycles. The summed E-state index contributed by atoms with van der Waals surface area (Å²) in [6.45, 7) is 4.43. The van der Waals surface area contributed by atoms with E-state index in [1.165, 1.54) is 49.5 Å². The van der Waals surface area contributed by atoms with Gasteiger partial charge in [0.25, 0.3) is 0 Å². The molecule has 0 aliphatic heterocycles. The minimum atomic E-state index is 1.08. The van der Waals surface area contributed by atoms with Crippen molar-refractivity contribution in [3.05, 3.63) is 65.7 Å². The summed E-state index contributed by atoms with van der Waals surface area (Å²) in [5, 5.41) is 2.54. The van der Waals surface area contributed by atoms with Crippen molar-refractivity contribution in [2.24, 2.45) is 0 Å². The SMILES string of the molecule is Bc1ccc(-c2ccc(-c3ccc(CC)c(C)c3P)cc2P)cc1. The van der Waals surface area contributed by atoms with Gasteiger partial charge in [-0.15, -0.1) is 18.5 Å². The molecule has 0 radical (unpaired) electrons. The predicted molar refractivity (Wildman–Crippen MR) is 118 cm³/mol. The number of hydrogen-bond acceptors (Lipinski definition) is 0. The first kappa shape index (κ1) is 17.4. The van der Waals surface area contributed by atoms with Crippen molar-refractivity contribution in [3.63, 3.8) is 0 Å². The van der Waals surface area contributed by atoms with Gasteiger partial charge in [0.15, 0.2) is 0 Å². The van der Waals surface area contributed by atoms with E-state index >= 15 is 0 Å². The van der Waals surface area contributed by atoms with Crippen LogP contribution in [-0.2, 0) is 6.42 Å². The topological polar surface area (TPSA) is 0 Å². The van der Waals surface area contributed by atoms with Gasteiger partial charge in [-0.1, -0.05) is 60.9 Å². The lowest BCUT2D eigenvalue weighted by Gasteiger charge is -2.14. The second kappa shape index (κ2) is 7.22. The van der Waals surface area contributed by atoms with Crippen LogP contribution in [0, 0.1) is 6.92 Å². The number of rotatable bonds is 3. The average molecular weight is 348 g/mol. The molecule has 3 heteroatoms. The molecule has 0 N–H and O–H groups in total. The summed E-state index contributed by atoms with van der Waals surface area (Å²) in [6, 6.07) is 20.0. The first-order chi connectivity index (χ1) is 11.5. The van der Waals surface area contributed by atoms with Gasteiger partial charge in [0, 0.05) is 0 Å². The number of hydrogen-bond donors (Lipinski definition) is 0. The molecule has 120 valence electrons. The summed E-state index contributed by atoms with van der Waals surface area (Å²) >= 11 is 0. The van der Waals surface area contributed by atoms with Crippen LogP contribution < -0.4 is 16.1 Å². The third-order valence-electron chi connectivity index (χ3n) is 4.73. The fourth-order valence-electron chi connectivity index (χ4n) is 3.13. The second-order valence-corrected chi connectivity index (χ2v) is 7.53. The summed E-state index contributed by atoms with van der Waals surface area (Å²) < 4.78 is 0. The Morgan fingerprint density at radius 3 is 2.08 bits per heavy atom. The summed E-state index contributed by atoms with van der Waals surface area (Å²) in [7, 11) is 7.95. The first-order valence-corrected chi connectivity index (χ1v) is 9.51. The van der Waals surface area contributed by atoms with Crippen LogP contribution in [0.15, 0.2) is 54.6 Å². The smallest absolute Gasteiger partial charge is 0.105 e. The van der Waals surface area contributed by atoms with E-state index in [-0.39, 0.29) is 0 Å². The lowest BCUT2D eigenvalue weighted by molar-refractivity contribution is 1.12. The predicted octanol–water partition coefficient (Wildman–Crippen LogP) is 3.15. The molecule has 24 heavy (non-hydrogen) atoms. The van der Waals surface area contributed by atoms with Crippen molar-refractivity contribution >= 4 is 42.4 Å². The molecule has 3 aromatic carbocycles. The minimum Gasteiger partial charge on any atom is -0.105 e. The number of benzene rings is 3. The standard InChI is InChI=1S/C21H23BP2/c1-3-14-6-11-19(21(24)13(14)2)16-7-10-18(20(23)12-16)15-4-8-17(22)9-5-15/h4-12H,3,22-24H2,1-2H3. The van der Waals surface area contributed by atoms with E-state index in [1.807, 2.05) is 0 Å². The molecule has 0 bridgehead atoms. The molecule has 0 saturated heterocycles. The van der Waals surface area contributed by atoms with Gasteiger partial charge in [-0.05, 0) is 63.4 Å². The maximum atomic E-state index is 2.93. The molecule has 3 aromatic rings. The Labute approximate surface area is 150 Å². The van der Waals surface area contributed by atoms with E-state index in [9.17, 15) is 0 Å². The van der Waals surface area contributed by atoms with Crippen molar-refractivity contribution in [1.29, 1.82) is 0 Å². The largest absolute Gasteiger partial charge is 0.139 e. The Balaban J connectivity index is 2.04. The van der Waals surface area contributed by atoms with Crippen molar-refractivity contribution in [2.45, 2.75) is 20.3 Å². The van der Waals surface area contributed by atoms with E-state index in [2.05, 4.69) is 94.8 Å². The van der Waals surface area contributed by atoms with Gasteiger partial charge in [0.05, 0.1) is 0 Å². The Hall–Kier alpha value is -1.42. The highest BCUT2D eigenvalue weighted by molar-refractivity contribution is 7.28. The summed E-state index contributed by atoms with van der Waals surface area (Å²) in [5.74, 6) is 0. The van der Waals surface area contributed by atoms with E-state index in [1.54, 1.807) is 0 Å². The zero-order chi connectivity index (χ0) is 17.3. The third kappa shape index (κ3) is 3.34. The van der Waals surface area contributed by atoms with Gasteiger partial charge >= 0.3 is 0 Å². The Kier molecular flexibility index (Phi) is 5.24. The Bertz CT molecular complexity index is 883. The fraction of sp³-hybridized carbons (Fsp3) is 0.143. The van der Waals surface area contributed by atoms with Crippen LogP contribution in [0.2, 0.25) is 0 Å². The van der Waals surface area contributed by atoms with Crippen LogP contribution in [0.3, 0.4) is 0 Å². The highest BCUT2D eigenvalue weighted by Gasteiger charge is 2.10. The zero-order valence-corrected chi connectivity index (χ0v) is 16.9. The molecule has 0 aliphatic rings. The molecular formula is C21H23BP2. The average Bonchev–Trinajstić information content (AvgIpc) is 2.58. The Morgan fingerprint density at radius 2 is 1.46 bits per heavy atom. The third-order valence-corrected chi connectivity index (χ3v) is 5.95. The molecular weight excluding hydrogens is 325 g/mol. The lowest BCUT2D eigenvalue weighted by Crippen LogP contribution is -2.07. The fourth-order valence-corrected chi connectivity index (χ4v) is 4.03. The minimum absolute atomic E-state index is 1.08. The van der Waals surface area contributed by atoms with Crippen molar-refractivity contribution in [1.82, 2.24) is 0 Å². The van der Waals surface area contributed by atoms with E-state index in [0.717, 1.165) is 6.42 Å². The van der Waals surface area contributed by atoms with Crippen LogP contribution in [0.5, 0.6) is 0 Å². The first-order valence-electron chi connectivity index (χ1n) is 8.36. The maximum Gasteiger partial charge on any atom is 0.139 e. The molecule has 0 fully saturated rings. The molecule has 0 spiro atoms. The zero-order valence-electron chi connectivity index (χ0n) is 14.6. The van der Waals surface area contributed by atoms with Crippen LogP contribution in [0.25, 0.3) is 22.3 Å². The molecule has 0 aliphatic carbocycles. The van der Waals surface area contributed by atoms with Crippen LogP contribution >= 0.6 is 18.5 Å². The van der Waals surface area contributed by atoms with Gasteiger partial charge in [-0.2, -0.15) is 0 Å². The Morgan fingerprint density at radius 1 is 0.833 bits per heavy atom. The van der Waals surface area contributed by atoms with Crippen molar-refractivity contribution in [2.75, 3.05) is 0 Å². The molecule has 0 amide bonds. The highest BCUT2D eigenvalue weighted by Crippen LogP contribution is 2.26. The molecule has 0 nitrogen and oxygen atoms in total. The second-order valence-electron chi connectivity index (χ2n) is 6.33. The normalized spacial score (nSPS) is 10.8.